The van der Waals surface area contributed by atoms with Crippen molar-refractivity contribution in [1.29, 1.82) is 0 Å². The smallest absolute Gasteiger partial charge is 0.224 e. The van der Waals surface area contributed by atoms with Crippen LogP contribution >= 0.6 is 23.4 Å². The zero-order valence-electron chi connectivity index (χ0n) is 9.43. The molecule has 0 spiro atoms. The van der Waals surface area contributed by atoms with Gasteiger partial charge in [0, 0.05) is 17.7 Å². The topological polar surface area (TPSA) is 46.0 Å². The molecule has 0 aliphatic heterocycles. The fraction of sp³-hybridized carbons (Fsp3) is 0.333. The summed E-state index contributed by atoms with van der Waals surface area (Å²) in [6.45, 7) is 2.18. The maximum Gasteiger partial charge on any atom is 0.224 e. The van der Waals surface area contributed by atoms with E-state index in [4.69, 9.17) is 16.7 Å². The highest BCUT2D eigenvalue weighted by Crippen LogP contribution is 2.27. The molecule has 3 nitrogen and oxygen atoms in total. The van der Waals surface area contributed by atoms with Gasteiger partial charge in [-0.1, -0.05) is 25.1 Å². The summed E-state index contributed by atoms with van der Waals surface area (Å²) >= 11 is 7.49. The van der Waals surface area contributed by atoms with Gasteiger partial charge in [-0.3, -0.25) is 0 Å². The minimum absolute atomic E-state index is 0.184. The van der Waals surface area contributed by atoms with Gasteiger partial charge in [-0.15, -0.1) is 11.8 Å². The predicted octanol–water partition coefficient (Wildman–Crippen LogP) is 3.00. The molecule has 0 radical (unpaired) electrons. The average Bonchev–Trinajstić information content (AvgIpc) is 2.35. The normalized spacial score (nSPS) is 12.9. The standard InChI is InChI=1S/C12H13ClN2OS/c1-8(6-16)7-17-11-9-4-2-3-5-10(9)14-12(13)15-11/h2-5,8,16H,6-7H2,1H3. The van der Waals surface area contributed by atoms with E-state index >= 15 is 0 Å². The van der Waals surface area contributed by atoms with Gasteiger partial charge in [0.25, 0.3) is 0 Å². The first-order valence-corrected chi connectivity index (χ1v) is 6.73. The molecule has 5 heteroatoms. The number of thioether (sulfide) groups is 1. The van der Waals surface area contributed by atoms with Crippen LogP contribution in [0.2, 0.25) is 5.28 Å². The minimum Gasteiger partial charge on any atom is -0.396 e. The van der Waals surface area contributed by atoms with Gasteiger partial charge in [-0.05, 0) is 23.6 Å². The molecule has 1 N–H and O–H groups in total. The summed E-state index contributed by atoms with van der Waals surface area (Å²) in [6.07, 6.45) is 0. The van der Waals surface area contributed by atoms with Crippen LogP contribution in [0.15, 0.2) is 29.3 Å². The predicted molar refractivity (Wildman–Crippen MR) is 71.5 cm³/mol. The third-order valence-corrected chi connectivity index (χ3v) is 3.85. The summed E-state index contributed by atoms with van der Waals surface area (Å²) in [7, 11) is 0. The molecule has 1 aromatic carbocycles. The van der Waals surface area contributed by atoms with Crippen molar-refractivity contribution in [3.05, 3.63) is 29.5 Å². The van der Waals surface area contributed by atoms with Crippen LogP contribution in [0.5, 0.6) is 0 Å². The van der Waals surface area contributed by atoms with Crippen LogP contribution in [0, 0.1) is 5.92 Å². The number of aliphatic hydroxyl groups excluding tert-OH is 1. The Hall–Kier alpha value is -0.840. The Bertz CT molecular complexity index is 521. The van der Waals surface area contributed by atoms with Crippen LogP contribution in [-0.4, -0.2) is 27.4 Å². The molecule has 0 aliphatic carbocycles. The van der Waals surface area contributed by atoms with Crippen LogP contribution in [0.4, 0.5) is 0 Å². The summed E-state index contributed by atoms with van der Waals surface area (Å²) in [5, 5.41) is 11.2. The first-order chi connectivity index (χ1) is 8.20. The summed E-state index contributed by atoms with van der Waals surface area (Å²) < 4.78 is 0. The van der Waals surface area contributed by atoms with Gasteiger partial charge in [-0.2, -0.15) is 0 Å². The third-order valence-electron chi connectivity index (χ3n) is 2.36. The molecular weight excluding hydrogens is 256 g/mol. The van der Waals surface area contributed by atoms with E-state index in [1.807, 2.05) is 31.2 Å². The number of nitrogens with zero attached hydrogens (tertiary/aromatic N) is 2. The van der Waals surface area contributed by atoms with E-state index in [2.05, 4.69) is 9.97 Å². The van der Waals surface area contributed by atoms with Gasteiger partial charge in [0.2, 0.25) is 5.28 Å². The van der Waals surface area contributed by atoms with E-state index in [0.717, 1.165) is 21.7 Å². The maximum atomic E-state index is 9.01. The van der Waals surface area contributed by atoms with E-state index in [1.54, 1.807) is 11.8 Å². The van der Waals surface area contributed by atoms with Gasteiger partial charge < -0.3 is 5.11 Å². The molecule has 0 bridgehead atoms. The van der Waals surface area contributed by atoms with Gasteiger partial charge in [0.05, 0.1) is 5.52 Å². The second-order valence-corrected chi connectivity index (χ2v) is 5.26. The van der Waals surface area contributed by atoms with Crippen molar-refractivity contribution >= 4 is 34.3 Å². The zero-order chi connectivity index (χ0) is 12.3. The van der Waals surface area contributed by atoms with Gasteiger partial charge in [0.15, 0.2) is 0 Å². The lowest BCUT2D eigenvalue weighted by Crippen LogP contribution is -2.03. The van der Waals surface area contributed by atoms with E-state index < -0.39 is 0 Å². The molecule has 0 amide bonds. The van der Waals surface area contributed by atoms with Crippen molar-refractivity contribution in [2.75, 3.05) is 12.4 Å². The molecule has 1 aromatic heterocycles. The number of para-hydroxylation sites is 1. The van der Waals surface area contributed by atoms with E-state index in [1.165, 1.54) is 0 Å². The summed E-state index contributed by atoms with van der Waals surface area (Å²) in [5.41, 5.74) is 0.853. The quantitative estimate of drug-likeness (QED) is 0.526. The Balaban J connectivity index is 2.32. The van der Waals surface area contributed by atoms with Crippen molar-refractivity contribution in [3.8, 4) is 0 Å². The van der Waals surface area contributed by atoms with Crippen LogP contribution in [0.3, 0.4) is 0 Å². The molecular formula is C12H13ClN2OS. The van der Waals surface area contributed by atoms with Crippen molar-refractivity contribution < 1.29 is 5.11 Å². The third kappa shape index (κ3) is 3.09. The Kier molecular flexibility index (Phi) is 4.20. The lowest BCUT2D eigenvalue weighted by molar-refractivity contribution is 0.250. The SMILES string of the molecule is CC(CO)CSc1nc(Cl)nc2ccccc12. The molecule has 2 rings (SSSR count). The molecule has 2 aromatic rings. The number of benzene rings is 1. The monoisotopic (exact) mass is 268 g/mol. The second-order valence-electron chi connectivity index (χ2n) is 3.91. The van der Waals surface area contributed by atoms with Gasteiger partial charge in [-0.25, -0.2) is 9.97 Å². The van der Waals surface area contributed by atoms with E-state index in [9.17, 15) is 0 Å². The van der Waals surface area contributed by atoms with Crippen LogP contribution in [-0.2, 0) is 0 Å². The highest BCUT2D eigenvalue weighted by atomic mass is 35.5. The van der Waals surface area contributed by atoms with E-state index in [0.29, 0.717) is 0 Å². The number of fused-ring (bicyclic) bond motifs is 1. The first-order valence-electron chi connectivity index (χ1n) is 5.36. The van der Waals surface area contributed by atoms with E-state index in [-0.39, 0.29) is 17.8 Å². The fourth-order valence-corrected chi connectivity index (χ4v) is 2.66. The number of hydrogen-bond acceptors (Lipinski definition) is 4. The summed E-state index contributed by atoms with van der Waals surface area (Å²) in [6, 6.07) is 7.79. The summed E-state index contributed by atoms with van der Waals surface area (Å²) in [4.78, 5) is 8.42. The van der Waals surface area contributed by atoms with Crippen molar-refractivity contribution in [1.82, 2.24) is 9.97 Å². The molecule has 1 unspecified atom stereocenters. The van der Waals surface area contributed by atoms with Gasteiger partial charge >= 0.3 is 0 Å². The van der Waals surface area contributed by atoms with Crippen molar-refractivity contribution in [2.45, 2.75) is 11.9 Å². The molecule has 17 heavy (non-hydrogen) atoms. The lowest BCUT2D eigenvalue weighted by Gasteiger charge is -2.08. The molecule has 0 saturated heterocycles. The van der Waals surface area contributed by atoms with Crippen LogP contribution < -0.4 is 0 Å². The molecule has 0 fully saturated rings. The number of aliphatic hydroxyl groups is 1. The Morgan fingerprint density at radius 3 is 2.88 bits per heavy atom. The second kappa shape index (κ2) is 5.67. The number of hydrogen-bond donors (Lipinski definition) is 1. The lowest BCUT2D eigenvalue weighted by atomic mass is 10.2. The number of aromatic nitrogens is 2. The Morgan fingerprint density at radius 2 is 2.12 bits per heavy atom. The maximum absolute atomic E-state index is 9.01. The highest BCUT2D eigenvalue weighted by Gasteiger charge is 2.08. The summed E-state index contributed by atoms with van der Waals surface area (Å²) in [5.74, 6) is 1.06. The molecule has 0 aliphatic rings. The largest absolute Gasteiger partial charge is 0.396 e. The van der Waals surface area contributed by atoms with Crippen LogP contribution in [0.1, 0.15) is 6.92 Å². The zero-order valence-corrected chi connectivity index (χ0v) is 11.0. The van der Waals surface area contributed by atoms with Crippen molar-refractivity contribution in [3.63, 3.8) is 0 Å². The molecule has 1 atom stereocenters. The molecule has 1 heterocycles. The fourth-order valence-electron chi connectivity index (χ4n) is 1.40. The average molecular weight is 269 g/mol. The number of halogens is 1. The Morgan fingerprint density at radius 1 is 1.35 bits per heavy atom. The Labute approximate surface area is 109 Å². The minimum atomic E-state index is 0.184. The van der Waals surface area contributed by atoms with Gasteiger partial charge in [0.1, 0.15) is 5.03 Å². The molecule has 90 valence electrons. The number of rotatable bonds is 4. The first kappa shape index (κ1) is 12.6. The molecule has 0 saturated carbocycles. The van der Waals surface area contributed by atoms with Crippen LogP contribution in [0.25, 0.3) is 10.9 Å². The van der Waals surface area contributed by atoms with Crippen molar-refractivity contribution in [2.24, 2.45) is 5.92 Å². The highest BCUT2D eigenvalue weighted by molar-refractivity contribution is 7.99.